The van der Waals surface area contributed by atoms with E-state index in [2.05, 4.69) is 29.3 Å². The van der Waals surface area contributed by atoms with Crippen molar-refractivity contribution >= 4 is 5.91 Å². The van der Waals surface area contributed by atoms with Crippen LogP contribution in [0, 0.1) is 5.92 Å². The van der Waals surface area contributed by atoms with Crippen LogP contribution >= 0.6 is 0 Å². The Bertz CT molecular complexity index is 465. The van der Waals surface area contributed by atoms with Gasteiger partial charge in [0.1, 0.15) is 0 Å². The predicted octanol–water partition coefficient (Wildman–Crippen LogP) is 2.96. The minimum absolute atomic E-state index is 0.0312. The van der Waals surface area contributed by atoms with Crippen LogP contribution in [0.3, 0.4) is 0 Å². The van der Waals surface area contributed by atoms with E-state index in [0.717, 1.165) is 19.0 Å². The maximum absolute atomic E-state index is 12.6. The molecule has 0 radical (unpaired) electrons. The summed E-state index contributed by atoms with van der Waals surface area (Å²) in [6, 6.07) is 10.7. The predicted molar refractivity (Wildman–Crippen MR) is 84.8 cm³/mol. The molecule has 0 aromatic heterocycles. The largest absolute Gasteiger partial charge is 0.326 e. The molecule has 1 saturated heterocycles. The number of hydrogen-bond donors (Lipinski definition) is 1. The first-order valence-electron chi connectivity index (χ1n) is 8.35. The molecule has 0 spiro atoms. The van der Waals surface area contributed by atoms with Gasteiger partial charge >= 0.3 is 0 Å². The lowest BCUT2D eigenvalue weighted by Gasteiger charge is -2.34. The molecule has 1 saturated carbocycles. The molecule has 1 aliphatic carbocycles. The Morgan fingerprint density at radius 2 is 1.86 bits per heavy atom. The minimum atomic E-state index is -0.0312. The van der Waals surface area contributed by atoms with Crippen molar-refractivity contribution in [3.8, 4) is 0 Å². The Hall–Kier alpha value is -1.35. The topological polar surface area (TPSA) is 32.3 Å². The van der Waals surface area contributed by atoms with Crippen LogP contribution in [0.15, 0.2) is 30.3 Å². The van der Waals surface area contributed by atoms with Crippen molar-refractivity contribution in [3.05, 3.63) is 35.9 Å². The molecule has 2 aliphatic rings. The monoisotopic (exact) mass is 286 g/mol. The molecule has 1 aliphatic heterocycles. The molecule has 1 N–H and O–H groups in total. The second kappa shape index (κ2) is 6.61. The van der Waals surface area contributed by atoms with Crippen LogP contribution in [-0.2, 0) is 11.2 Å². The summed E-state index contributed by atoms with van der Waals surface area (Å²) in [5.41, 5.74) is 1.24. The van der Waals surface area contributed by atoms with Gasteiger partial charge in [0.15, 0.2) is 0 Å². The van der Waals surface area contributed by atoms with E-state index in [0.29, 0.717) is 11.9 Å². The number of carbonyl (C=O) groups excluding carboxylic acids is 1. The van der Waals surface area contributed by atoms with Crippen LogP contribution < -0.4 is 5.32 Å². The zero-order valence-electron chi connectivity index (χ0n) is 12.9. The lowest BCUT2D eigenvalue weighted by Crippen LogP contribution is -2.41. The van der Waals surface area contributed by atoms with E-state index < -0.39 is 0 Å². The molecule has 3 heteroatoms. The number of rotatable bonds is 4. The summed E-state index contributed by atoms with van der Waals surface area (Å²) in [6.07, 6.45) is 7.03. The second-order valence-electron chi connectivity index (χ2n) is 6.50. The normalized spacial score (nSPS) is 29.9. The smallest absolute Gasteiger partial charge is 0.241 e. The molecule has 21 heavy (non-hydrogen) atoms. The van der Waals surface area contributed by atoms with Gasteiger partial charge in [-0.25, -0.2) is 0 Å². The molecular weight excluding hydrogens is 260 g/mol. The third-order valence-corrected chi connectivity index (χ3v) is 5.21. The highest BCUT2D eigenvalue weighted by atomic mass is 16.2. The minimum Gasteiger partial charge on any atom is -0.326 e. The van der Waals surface area contributed by atoms with Gasteiger partial charge in [0.25, 0.3) is 0 Å². The van der Waals surface area contributed by atoms with E-state index in [1.54, 1.807) is 0 Å². The highest BCUT2D eigenvalue weighted by molar-refractivity contribution is 5.84. The number of carbonyl (C=O) groups is 1. The van der Waals surface area contributed by atoms with Crippen molar-refractivity contribution in [1.82, 2.24) is 10.2 Å². The Morgan fingerprint density at radius 1 is 1.14 bits per heavy atom. The molecule has 1 aromatic rings. The Labute approximate surface area is 127 Å². The number of benzene rings is 1. The summed E-state index contributed by atoms with van der Waals surface area (Å²) >= 11 is 0. The van der Waals surface area contributed by atoms with E-state index in [-0.39, 0.29) is 6.04 Å². The SMILES string of the molecule is CCC1CCC(N2CNC(Cc3ccccc3)C2=O)CC1. The van der Waals surface area contributed by atoms with Crippen molar-refractivity contribution in [2.75, 3.05) is 6.67 Å². The van der Waals surface area contributed by atoms with Crippen LogP contribution in [0.4, 0.5) is 0 Å². The van der Waals surface area contributed by atoms with Gasteiger partial charge < -0.3 is 4.90 Å². The van der Waals surface area contributed by atoms with Crippen LogP contribution in [0.2, 0.25) is 0 Å². The van der Waals surface area contributed by atoms with Crippen molar-refractivity contribution < 1.29 is 4.79 Å². The van der Waals surface area contributed by atoms with Crippen molar-refractivity contribution in [3.63, 3.8) is 0 Å². The number of nitrogens with zero attached hydrogens (tertiary/aromatic N) is 1. The number of amides is 1. The molecule has 3 nitrogen and oxygen atoms in total. The maximum Gasteiger partial charge on any atom is 0.241 e. The second-order valence-corrected chi connectivity index (χ2v) is 6.50. The maximum atomic E-state index is 12.6. The lowest BCUT2D eigenvalue weighted by molar-refractivity contribution is -0.131. The zero-order chi connectivity index (χ0) is 14.7. The molecule has 2 fully saturated rings. The average molecular weight is 286 g/mol. The fourth-order valence-corrected chi connectivity index (χ4v) is 3.76. The Kier molecular flexibility index (Phi) is 4.59. The van der Waals surface area contributed by atoms with Gasteiger partial charge in [0, 0.05) is 6.04 Å². The van der Waals surface area contributed by atoms with Crippen LogP contribution in [0.1, 0.15) is 44.6 Å². The molecule has 1 amide bonds. The van der Waals surface area contributed by atoms with Crippen LogP contribution in [0.25, 0.3) is 0 Å². The van der Waals surface area contributed by atoms with Crippen molar-refractivity contribution in [1.29, 1.82) is 0 Å². The lowest BCUT2D eigenvalue weighted by atomic mass is 9.84. The summed E-state index contributed by atoms with van der Waals surface area (Å²) < 4.78 is 0. The molecule has 1 unspecified atom stereocenters. The van der Waals surface area contributed by atoms with E-state index in [9.17, 15) is 4.79 Å². The summed E-state index contributed by atoms with van der Waals surface area (Å²) in [4.78, 5) is 14.7. The standard InChI is InChI=1S/C18H26N2O/c1-2-14-8-10-16(11-9-14)20-13-19-17(18(20)21)12-15-6-4-3-5-7-15/h3-7,14,16-17,19H,2,8-13H2,1H3. The fourth-order valence-electron chi connectivity index (χ4n) is 3.76. The first-order chi connectivity index (χ1) is 10.3. The summed E-state index contributed by atoms with van der Waals surface area (Å²) in [5, 5.41) is 3.40. The summed E-state index contributed by atoms with van der Waals surface area (Å²) in [6.45, 7) is 3.02. The summed E-state index contributed by atoms with van der Waals surface area (Å²) in [5.74, 6) is 1.19. The fraction of sp³-hybridized carbons (Fsp3) is 0.611. The van der Waals surface area contributed by atoms with Gasteiger partial charge in [-0.05, 0) is 43.6 Å². The van der Waals surface area contributed by atoms with E-state index in [1.165, 1.54) is 37.7 Å². The van der Waals surface area contributed by atoms with E-state index >= 15 is 0 Å². The summed E-state index contributed by atoms with van der Waals surface area (Å²) in [7, 11) is 0. The Balaban J connectivity index is 1.57. The number of nitrogens with one attached hydrogen (secondary N) is 1. The molecule has 1 atom stereocenters. The quantitative estimate of drug-likeness (QED) is 0.923. The van der Waals surface area contributed by atoms with Gasteiger partial charge in [-0.1, -0.05) is 43.7 Å². The number of hydrogen-bond acceptors (Lipinski definition) is 2. The van der Waals surface area contributed by atoms with E-state index in [1.807, 2.05) is 18.2 Å². The first-order valence-corrected chi connectivity index (χ1v) is 8.35. The van der Waals surface area contributed by atoms with Gasteiger partial charge in [-0.3, -0.25) is 10.1 Å². The van der Waals surface area contributed by atoms with Crippen LogP contribution in [-0.4, -0.2) is 29.6 Å². The molecule has 114 valence electrons. The molecular formula is C18H26N2O. The average Bonchev–Trinajstić information content (AvgIpc) is 2.89. The van der Waals surface area contributed by atoms with Crippen molar-refractivity contribution in [2.24, 2.45) is 5.92 Å². The van der Waals surface area contributed by atoms with Gasteiger partial charge in [0.05, 0.1) is 12.7 Å². The van der Waals surface area contributed by atoms with Gasteiger partial charge in [-0.15, -0.1) is 0 Å². The third-order valence-electron chi connectivity index (χ3n) is 5.21. The van der Waals surface area contributed by atoms with Crippen LogP contribution in [0.5, 0.6) is 0 Å². The van der Waals surface area contributed by atoms with Crippen molar-refractivity contribution in [2.45, 2.75) is 57.5 Å². The van der Waals surface area contributed by atoms with Gasteiger partial charge in [-0.2, -0.15) is 0 Å². The van der Waals surface area contributed by atoms with E-state index in [4.69, 9.17) is 0 Å². The highest BCUT2D eigenvalue weighted by Gasteiger charge is 2.36. The first kappa shape index (κ1) is 14.6. The Morgan fingerprint density at radius 3 is 2.52 bits per heavy atom. The van der Waals surface area contributed by atoms with Gasteiger partial charge in [0.2, 0.25) is 5.91 Å². The highest BCUT2D eigenvalue weighted by Crippen LogP contribution is 2.30. The molecule has 1 aromatic carbocycles. The third kappa shape index (κ3) is 3.29. The molecule has 3 rings (SSSR count). The molecule has 0 bridgehead atoms. The molecule has 1 heterocycles. The zero-order valence-corrected chi connectivity index (χ0v) is 12.9.